The molecule has 0 heterocycles. The minimum atomic E-state index is -4.27. The van der Waals surface area contributed by atoms with Gasteiger partial charge in [0.05, 0.1) is 34.4 Å². The first-order chi connectivity index (χ1) is 25.6. The van der Waals surface area contributed by atoms with E-state index < -0.39 is 13.9 Å². The lowest BCUT2D eigenvalue weighted by Gasteiger charge is -2.24. The third-order valence-corrected chi connectivity index (χ3v) is 9.89. The molecule has 0 aromatic carbocycles. The van der Waals surface area contributed by atoms with Crippen LogP contribution in [0.15, 0.2) is 48.6 Å². The molecule has 0 radical (unpaired) electrons. The molecule has 310 valence electrons. The summed E-state index contributed by atoms with van der Waals surface area (Å²) in [7, 11) is 1.66. The highest BCUT2D eigenvalue weighted by Crippen LogP contribution is 2.43. The van der Waals surface area contributed by atoms with Crippen LogP contribution >= 0.6 is 7.82 Å². The van der Waals surface area contributed by atoms with Gasteiger partial charge in [-0.25, -0.2) is 4.57 Å². The van der Waals surface area contributed by atoms with Crippen molar-refractivity contribution in [2.24, 2.45) is 0 Å². The number of likely N-dealkylation sites (N-methyl/N-ethyl adjacent to an activating group) is 1. The van der Waals surface area contributed by atoms with Gasteiger partial charge < -0.3 is 18.9 Å². The summed E-state index contributed by atoms with van der Waals surface area (Å²) >= 11 is 0. The molecule has 0 aromatic heterocycles. The van der Waals surface area contributed by atoms with Crippen molar-refractivity contribution < 1.29 is 37.3 Å². The maximum Gasteiger partial charge on any atom is 0.472 e. The smallest absolute Gasteiger partial charge is 0.457 e. The van der Waals surface area contributed by atoms with E-state index in [9.17, 15) is 14.3 Å². The van der Waals surface area contributed by atoms with Gasteiger partial charge in [0.25, 0.3) is 0 Å². The van der Waals surface area contributed by atoms with E-state index in [-0.39, 0.29) is 25.8 Å². The van der Waals surface area contributed by atoms with Gasteiger partial charge >= 0.3 is 13.8 Å². The van der Waals surface area contributed by atoms with E-state index in [4.69, 9.17) is 18.5 Å². The third kappa shape index (κ3) is 41.5. The van der Waals surface area contributed by atoms with Crippen LogP contribution in [0.25, 0.3) is 0 Å². The van der Waals surface area contributed by atoms with Crippen molar-refractivity contribution in [3.8, 4) is 0 Å². The molecule has 0 saturated carbocycles. The molecule has 0 fully saturated rings. The number of nitrogens with zero attached hydrogens (tertiary/aromatic N) is 1. The van der Waals surface area contributed by atoms with Crippen molar-refractivity contribution in [3.63, 3.8) is 0 Å². The predicted molar refractivity (Wildman–Crippen MR) is 224 cm³/mol. The van der Waals surface area contributed by atoms with Crippen LogP contribution in [-0.2, 0) is 27.9 Å². The third-order valence-electron chi connectivity index (χ3n) is 8.90. The zero-order chi connectivity index (χ0) is 39.1. The molecular formula is C44H83NO7P+. The topological polar surface area (TPSA) is 91.3 Å². The summed E-state index contributed by atoms with van der Waals surface area (Å²) in [4.78, 5) is 22.8. The highest BCUT2D eigenvalue weighted by Gasteiger charge is 2.26. The summed E-state index contributed by atoms with van der Waals surface area (Å²) in [6.45, 7) is 5.49. The Kier molecular flexibility index (Phi) is 36.3. The Morgan fingerprint density at radius 3 is 1.64 bits per heavy atom. The Balaban J connectivity index is 4.19. The lowest BCUT2D eigenvalue weighted by molar-refractivity contribution is -0.870. The Hall–Kier alpha value is -1.54. The molecule has 0 aliphatic carbocycles. The second kappa shape index (κ2) is 37.4. The first kappa shape index (κ1) is 51.5. The minimum absolute atomic E-state index is 0.0863. The molecule has 0 saturated heterocycles. The van der Waals surface area contributed by atoms with Crippen LogP contribution in [0.2, 0.25) is 0 Å². The van der Waals surface area contributed by atoms with Crippen LogP contribution in [-0.4, -0.2) is 75.6 Å². The molecule has 0 aliphatic heterocycles. The second-order valence-corrected chi connectivity index (χ2v) is 16.8. The molecular weight excluding hydrogens is 685 g/mol. The number of carbonyl (C=O) groups is 1. The van der Waals surface area contributed by atoms with E-state index >= 15 is 0 Å². The number of rotatable bonds is 39. The SMILES string of the molecule is CC/C=C\C/C=C\C/C=C\C/C=C\CCCCCCCCCCC(=O)OC(COCCCCCCCCCCCC)COP(=O)(O)OCC[N+](C)(C)C. The fourth-order valence-corrected chi connectivity index (χ4v) is 6.34. The van der Waals surface area contributed by atoms with Gasteiger partial charge in [-0.15, -0.1) is 0 Å². The molecule has 2 atom stereocenters. The number of quaternary nitrogens is 1. The van der Waals surface area contributed by atoms with Gasteiger partial charge in [0.2, 0.25) is 0 Å². The molecule has 0 bridgehead atoms. The highest BCUT2D eigenvalue weighted by molar-refractivity contribution is 7.47. The summed E-state index contributed by atoms with van der Waals surface area (Å²) in [5, 5.41) is 0. The fraction of sp³-hybridized carbons (Fsp3) is 0.795. The summed E-state index contributed by atoms with van der Waals surface area (Å²) in [6.07, 6.45) is 44.2. The summed E-state index contributed by atoms with van der Waals surface area (Å²) in [6, 6.07) is 0. The number of esters is 1. The summed E-state index contributed by atoms with van der Waals surface area (Å²) in [5.41, 5.74) is 0. The summed E-state index contributed by atoms with van der Waals surface area (Å²) in [5.74, 6) is -0.323. The standard InChI is InChI=1S/C44H82NO7P/c1-6-8-10-12-14-16-18-19-20-21-22-23-24-25-26-27-28-29-31-33-35-37-44(46)52-43(42-51-53(47,48)50-40-38-45(3,4)5)41-49-39-36-34-32-30-17-15-13-11-9-7-2/h8,10,14,16,19-20,22-23,43H,6-7,9,11-13,15,17-18,21,24-42H2,1-5H3/p+1/b10-8-,16-14-,20-19-,23-22-. The van der Waals surface area contributed by atoms with E-state index in [1.165, 1.54) is 83.5 Å². The molecule has 0 rings (SSSR count). The molecule has 2 unspecified atom stereocenters. The highest BCUT2D eigenvalue weighted by atomic mass is 31.2. The van der Waals surface area contributed by atoms with Crippen LogP contribution in [0, 0.1) is 0 Å². The van der Waals surface area contributed by atoms with Crippen molar-refractivity contribution in [1.29, 1.82) is 0 Å². The lowest BCUT2D eigenvalue weighted by Crippen LogP contribution is -2.37. The maximum absolute atomic E-state index is 12.7. The quantitative estimate of drug-likeness (QED) is 0.0219. The fourth-order valence-electron chi connectivity index (χ4n) is 5.60. The van der Waals surface area contributed by atoms with E-state index in [0.29, 0.717) is 24.1 Å². The Morgan fingerprint density at radius 2 is 1.09 bits per heavy atom. The normalized spacial score (nSPS) is 14.3. The monoisotopic (exact) mass is 769 g/mol. The number of hydrogen-bond acceptors (Lipinski definition) is 6. The van der Waals surface area contributed by atoms with Gasteiger partial charge in [-0.1, -0.05) is 159 Å². The first-order valence-electron chi connectivity index (χ1n) is 21.4. The zero-order valence-corrected chi connectivity index (χ0v) is 35.9. The average molecular weight is 769 g/mol. The van der Waals surface area contributed by atoms with Gasteiger partial charge in [-0.3, -0.25) is 13.8 Å². The Bertz CT molecular complexity index is 989. The average Bonchev–Trinajstić information content (AvgIpc) is 3.11. The Morgan fingerprint density at radius 1 is 0.604 bits per heavy atom. The number of phosphoric acid groups is 1. The van der Waals surface area contributed by atoms with Crippen molar-refractivity contribution in [2.75, 3.05) is 54.1 Å². The molecule has 1 N–H and O–H groups in total. The molecule has 0 aromatic rings. The minimum Gasteiger partial charge on any atom is -0.457 e. The van der Waals surface area contributed by atoms with Crippen molar-refractivity contribution in [1.82, 2.24) is 0 Å². The number of phosphoric ester groups is 1. The Labute approximate surface area is 327 Å². The van der Waals surface area contributed by atoms with Crippen LogP contribution < -0.4 is 0 Å². The number of allylic oxidation sites excluding steroid dienone is 8. The summed E-state index contributed by atoms with van der Waals surface area (Å²) < 4.78 is 34.9. The van der Waals surface area contributed by atoms with Crippen molar-refractivity contribution in [3.05, 3.63) is 48.6 Å². The van der Waals surface area contributed by atoms with Gasteiger partial charge in [0, 0.05) is 13.0 Å². The van der Waals surface area contributed by atoms with Gasteiger partial charge in [0.15, 0.2) is 0 Å². The van der Waals surface area contributed by atoms with Gasteiger partial charge in [0.1, 0.15) is 19.3 Å². The maximum atomic E-state index is 12.7. The largest absolute Gasteiger partial charge is 0.472 e. The van der Waals surface area contributed by atoms with Crippen LogP contribution in [0.4, 0.5) is 0 Å². The zero-order valence-electron chi connectivity index (χ0n) is 35.0. The van der Waals surface area contributed by atoms with E-state index in [2.05, 4.69) is 62.5 Å². The molecule has 9 heteroatoms. The van der Waals surface area contributed by atoms with Crippen LogP contribution in [0.1, 0.15) is 168 Å². The van der Waals surface area contributed by atoms with Crippen LogP contribution in [0.5, 0.6) is 0 Å². The predicted octanol–water partition coefficient (Wildman–Crippen LogP) is 12.4. The number of unbranched alkanes of at least 4 members (excludes halogenated alkanes) is 17. The second-order valence-electron chi connectivity index (χ2n) is 15.3. The van der Waals surface area contributed by atoms with Crippen LogP contribution in [0.3, 0.4) is 0 Å². The number of ether oxygens (including phenoxy) is 2. The molecule has 0 aliphatic rings. The van der Waals surface area contributed by atoms with E-state index in [0.717, 1.165) is 64.2 Å². The number of hydrogen-bond donors (Lipinski definition) is 1. The van der Waals surface area contributed by atoms with Crippen molar-refractivity contribution >= 4 is 13.8 Å². The molecule has 8 nitrogen and oxygen atoms in total. The number of carbonyl (C=O) groups excluding carboxylic acids is 1. The van der Waals surface area contributed by atoms with Gasteiger partial charge in [-0.05, 0) is 51.4 Å². The lowest BCUT2D eigenvalue weighted by atomic mass is 10.1. The molecule has 53 heavy (non-hydrogen) atoms. The molecule has 0 spiro atoms. The van der Waals surface area contributed by atoms with Crippen molar-refractivity contribution in [2.45, 2.75) is 174 Å². The van der Waals surface area contributed by atoms with Gasteiger partial charge in [-0.2, -0.15) is 0 Å². The first-order valence-corrected chi connectivity index (χ1v) is 22.9. The van der Waals surface area contributed by atoms with E-state index in [1.54, 1.807) is 0 Å². The molecule has 0 amide bonds. The van der Waals surface area contributed by atoms with E-state index in [1.807, 2.05) is 21.1 Å².